The van der Waals surface area contributed by atoms with Gasteiger partial charge in [-0.05, 0) is 25.7 Å². The van der Waals surface area contributed by atoms with E-state index in [1.165, 1.54) is 12.8 Å². The molecule has 0 fully saturated rings. The Morgan fingerprint density at radius 1 is 0.500 bits per heavy atom. The maximum absolute atomic E-state index is 2.25. The topological polar surface area (TPSA) is 0 Å². The molecule has 0 nitrogen and oxygen atoms in total. The van der Waals surface area contributed by atoms with Gasteiger partial charge in [0, 0.05) is 0 Å². The van der Waals surface area contributed by atoms with E-state index in [0.29, 0.717) is 0 Å². The monoisotopic (exact) mass is 134 g/mol. The van der Waals surface area contributed by atoms with E-state index in [2.05, 4.69) is 36.5 Å². The number of hydrogen-bond donors (Lipinski definition) is 0. The fourth-order valence-electron chi connectivity index (χ4n) is 0.970. The Morgan fingerprint density at radius 3 is 1.40 bits per heavy atom. The standard InChI is InChI=1S/C10H14/c1-2-4-6-8-10-9-7-5-3-1/h1-2,5-8H,3-4,9-10H2/b2-1-,7-5-,8-6+. The quantitative estimate of drug-likeness (QED) is 0.446. The van der Waals surface area contributed by atoms with E-state index in [0.717, 1.165) is 12.8 Å². The van der Waals surface area contributed by atoms with Crippen molar-refractivity contribution in [3.63, 3.8) is 0 Å². The molecule has 0 heterocycles. The van der Waals surface area contributed by atoms with Crippen LogP contribution in [0.4, 0.5) is 0 Å². The summed E-state index contributed by atoms with van der Waals surface area (Å²) in [5.74, 6) is 0. The van der Waals surface area contributed by atoms with Gasteiger partial charge in [-0.15, -0.1) is 0 Å². The molecule has 1 aliphatic carbocycles. The van der Waals surface area contributed by atoms with E-state index >= 15 is 0 Å². The van der Waals surface area contributed by atoms with Crippen LogP contribution in [0.3, 0.4) is 0 Å². The molecule has 54 valence electrons. The number of hydrogen-bond acceptors (Lipinski definition) is 0. The van der Waals surface area contributed by atoms with Crippen molar-refractivity contribution < 1.29 is 0 Å². The second kappa shape index (κ2) is 5.04. The second-order valence-electron chi connectivity index (χ2n) is 2.46. The van der Waals surface area contributed by atoms with Gasteiger partial charge in [-0.3, -0.25) is 0 Å². The van der Waals surface area contributed by atoms with Crippen molar-refractivity contribution in [2.45, 2.75) is 25.7 Å². The minimum atomic E-state index is 1.10. The van der Waals surface area contributed by atoms with E-state index < -0.39 is 0 Å². The Hall–Kier alpha value is -0.780. The Morgan fingerprint density at radius 2 is 0.900 bits per heavy atom. The van der Waals surface area contributed by atoms with Crippen LogP contribution in [0.5, 0.6) is 0 Å². The summed E-state index contributed by atoms with van der Waals surface area (Å²) in [6.45, 7) is 0. The third-order valence-electron chi connectivity index (χ3n) is 1.54. The summed E-state index contributed by atoms with van der Waals surface area (Å²) < 4.78 is 0. The molecule has 0 saturated heterocycles. The van der Waals surface area contributed by atoms with Crippen LogP contribution in [-0.4, -0.2) is 0 Å². The smallest absolute Gasteiger partial charge is 0.0169 e. The lowest BCUT2D eigenvalue weighted by molar-refractivity contribution is 1.03. The van der Waals surface area contributed by atoms with Crippen molar-refractivity contribution in [3.05, 3.63) is 36.5 Å². The molecule has 0 saturated carbocycles. The van der Waals surface area contributed by atoms with Crippen LogP contribution in [0.1, 0.15) is 25.7 Å². The van der Waals surface area contributed by atoms with Gasteiger partial charge in [-0.1, -0.05) is 36.5 Å². The molecule has 0 spiro atoms. The molecule has 0 bridgehead atoms. The normalized spacial score (nSPS) is 28.8. The summed E-state index contributed by atoms with van der Waals surface area (Å²) in [5, 5.41) is 0. The SMILES string of the molecule is C1=C\C/C=C/CC/C=C\C/1. The van der Waals surface area contributed by atoms with Crippen molar-refractivity contribution in [2.75, 3.05) is 0 Å². The highest BCUT2D eigenvalue weighted by Gasteiger charge is 1.79. The zero-order valence-corrected chi connectivity index (χ0v) is 6.29. The summed E-state index contributed by atoms with van der Waals surface area (Å²) >= 11 is 0. The Labute approximate surface area is 62.9 Å². The van der Waals surface area contributed by atoms with Crippen LogP contribution in [0.25, 0.3) is 0 Å². The first kappa shape index (κ1) is 7.33. The summed E-state index contributed by atoms with van der Waals surface area (Å²) in [7, 11) is 0. The van der Waals surface area contributed by atoms with Gasteiger partial charge in [0.25, 0.3) is 0 Å². The van der Waals surface area contributed by atoms with Crippen LogP contribution in [0.2, 0.25) is 0 Å². The van der Waals surface area contributed by atoms with Crippen molar-refractivity contribution in [2.24, 2.45) is 0 Å². The zero-order chi connectivity index (χ0) is 7.07. The maximum atomic E-state index is 2.25. The summed E-state index contributed by atoms with van der Waals surface area (Å²) in [5.41, 5.74) is 0. The molecular formula is C10H14. The number of allylic oxidation sites excluding steroid dienone is 6. The molecule has 0 aromatic carbocycles. The van der Waals surface area contributed by atoms with E-state index in [4.69, 9.17) is 0 Å². The molecular weight excluding hydrogens is 120 g/mol. The van der Waals surface area contributed by atoms with E-state index in [1.807, 2.05) is 0 Å². The van der Waals surface area contributed by atoms with Crippen molar-refractivity contribution in [1.82, 2.24) is 0 Å². The van der Waals surface area contributed by atoms with Gasteiger partial charge in [0.15, 0.2) is 0 Å². The van der Waals surface area contributed by atoms with Crippen LogP contribution in [-0.2, 0) is 0 Å². The first-order valence-electron chi connectivity index (χ1n) is 3.95. The molecule has 1 aliphatic rings. The highest BCUT2D eigenvalue weighted by atomic mass is 13.9. The molecule has 0 amide bonds. The highest BCUT2D eigenvalue weighted by molar-refractivity contribution is 4.99. The van der Waals surface area contributed by atoms with Gasteiger partial charge in [0.2, 0.25) is 0 Å². The molecule has 1 rings (SSSR count). The molecule has 0 N–H and O–H groups in total. The fourth-order valence-corrected chi connectivity index (χ4v) is 0.970. The summed E-state index contributed by atoms with van der Waals surface area (Å²) in [6, 6.07) is 0. The van der Waals surface area contributed by atoms with Crippen LogP contribution < -0.4 is 0 Å². The molecule has 0 aromatic heterocycles. The zero-order valence-electron chi connectivity index (χ0n) is 6.29. The second-order valence-corrected chi connectivity index (χ2v) is 2.46. The molecule has 0 heteroatoms. The Bertz CT molecular complexity index is 131. The lowest BCUT2D eigenvalue weighted by Gasteiger charge is -1.89. The predicted octanol–water partition coefficient (Wildman–Crippen LogP) is 3.23. The molecule has 10 heavy (non-hydrogen) atoms. The fraction of sp³-hybridized carbons (Fsp3) is 0.400. The summed E-state index contributed by atoms with van der Waals surface area (Å²) in [4.78, 5) is 0. The number of rotatable bonds is 0. The van der Waals surface area contributed by atoms with Crippen LogP contribution >= 0.6 is 0 Å². The average Bonchev–Trinajstić information content (AvgIpc) is 2.01. The van der Waals surface area contributed by atoms with Gasteiger partial charge >= 0.3 is 0 Å². The largest absolute Gasteiger partial charge is 0.0879 e. The lowest BCUT2D eigenvalue weighted by Crippen LogP contribution is -1.68. The van der Waals surface area contributed by atoms with Crippen molar-refractivity contribution in [1.29, 1.82) is 0 Å². The molecule has 0 aliphatic heterocycles. The minimum Gasteiger partial charge on any atom is -0.0879 e. The molecule has 0 atom stereocenters. The highest BCUT2D eigenvalue weighted by Crippen LogP contribution is 1.99. The minimum absolute atomic E-state index is 1.10. The van der Waals surface area contributed by atoms with E-state index in [9.17, 15) is 0 Å². The van der Waals surface area contributed by atoms with Gasteiger partial charge in [0.1, 0.15) is 0 Å². The Balaban J connectivity index is 2.38. The van der Waals surface area contributed by atoms with Crippen LogP contribution in [0.15, 0.2) is 36.5 Å². The maximum Gasteiger partial charge on any atom is -0.0169 e. The first-order chi connectivity index (χ1) is 5.00. The van der Waals surface area contributed by atoms with Crippen LogP contribution in [0, 0.1) is 0 Å². The van der Waals surface area contributed by atoms with E-state index in [-0.39, 0.29) is 0 Å². The molecule has 0 radical (unpaired) electrons. The summed E-state index contributed by atoms with van der Waals surface area (Å²) in [6.07, 6.45) is 18.0. The van der Waals surface area contributed by atoms with Gasteiger partial charge in [-0.2, -0.15) is 0 Å². The average molecular weight is 134 g/mol. The molecule has 0 unspecified atom stereocenters. The first-order valence-corrected chi connectivity index (χ1v) is 3.95. The van der Waals surface area contributed by atoms with Crippen molar-refractivity contribution in [3.8, 4) is 0 Å². The third-order valence-corrected chi connectivity index (χ3v) is 1.54. The lowest BCUT2D eigenvalue weighted by atomic mass is 10.2. The third kappa shape index (κ3) is 3.29. The van der Waals surface area contributed by atoms with Gasteiger partial charge in [-0.25, -0.2) is 0 Å². The van der Waals surface area contributed by atoms with Gasteiger partial charge in [0.05, 0.1) is 0 Å². The molecule has 0 aromatic rings. The van der Waals surface area contributed by atoms with E-state index in [1.54, 1.807) is 0 Å². The van der Waals surface area contributed by atoms with Gasteiger partial charge < -0.3 is 0 Å². The van der Waals surface area contributed by atoms with Crippen molar-refractivity contribution >= 4 is 0 Å². The Kier molecular flexibility index (Phi) is 3.69. The predicted molar refractivity (Wildman–Crippen MR) is 45.9 cm³/mol.